The van der Waals surface area contributed by atoms with Gasteiger partial charge in [-0.15, -0.1) is 0 Å². The third-order valence-electron chi connectivity index (χ3n) is 5.76. The molecule has 1 aliphatic carbocycles. The summed E-state index contributed by atoms with van der Waals surface area (Å²) >= 11 is 0. The molecule has 1 aliphatic rings. The summed E-state index contributed by atoms with van der Waals surface area (Å²) < 4.78 is 0. The Morgan fingerprint density at radius 3 is 2.04 bits per heavy atom. The summed E-state index contributed by atoms with van der Waals surface area (Å²) in [5.74, 6) is -3.99. The molecular formula is C21H36O5. The largest absolute Gasteiger partial charge is 0.390 e. The van der Waals surface area contributed by atoms with Crippen LogP contribution in [-0.2, 0) is 14.4 Å². The zero-order valence-electron chi connectivity index (χ0n) is 17.1. The summed E-state index contributed by atoms with van der Waals surface area (Å²) in [5, 5.41) is 21.8. The molecule has 1 rings (SSSR count). The first-order valence-corrected chi connectivity index (χ1v) is 10.0. The van der Waals surface area contributed by atoms with Gasteiger partial charge in [0.1, 0.15) is 5.92 Å². The first-order chi connectivity index (χ1) is 12.0. The molecule has 0 aliphatic heterocycles. The van der Waals surface area contributed by atoms with E-state index in [1.165, 1.54) is 0 Å². The van der Waals surface area contributed by atoms with Crippen molar-refractivity contribution >= 4 is 17.3 Å². The minimum atomic E-state index is -2.14. The van der Waals surface area contributed by atoms with Crippen LogP contribution in [0.2, 0.25) is 0 Å². The summed E-state index contributed by atoms with van der Waals surface area (Å²) in [5.41, 5.74) is -2.14. The maximum atomic E-state index is 13.0. The summed E-state index contributed by atoms with van der Waals surface area (Å²) in [6, 6.07) is 0. The van der Waals surface area contributed by atoms with Crippen LogP contribution in [0.1, 0.15) is 73.6 Å². The molecule has 5 atom stereocenters. The first-order valence-electron chi connectivity index (χ1n) is 10.0. The fraction of sp³-hybridized carbons (Fsp3) is 0.857. The standard InChI is InChI=1S/C21H36O5/c1-7-14(6)18(23)17-19(24)15(10-8-12(2)3)21(26,20(17)25)16(22)11-9-13(4)5/h12-17,22,26H,7-11H2,1-6H3/t14?,15?,16-,17?,21+/m1/s1. The number of Topliss-reactive ketones (excluding diaryl/α,β-unsaturated/α-hetero) is 3. The third-order valence-corrected chi connectivity index (χ3v) is 5.76. The lowest BCUT2D eigenvalue weighted by Crippen LogP contribution is -2.53. The molecule has 0 saturated heterocycles. The highest BCUT2D eigenvalue weighted by Crippen LogP contribution is 2.42. The van der Waals surface area contributed by atoms with Crippen LogP contribution in [0.15, 0.2) is 0 Å². The Labute approximate surface area is 157 Å². The van der Waals surface area contributed by atoms with E-state index in [4.69, 9.17) is 0 Å². The maximum Gasteiger partial charge on any atom is 0.185 e. The van der Waals surface area contributed by atoms with E-state index in [0.717, 1.165) is 0 Å². The van der Waals surface area contributed by atoms with Gasteiger partial charge >= 0.3 is 0 Å². The highest BCUT2D eigenvalue weighted by atomic mass is 16.4. The number of ketones is 3. The van der Waals surface area contributed by atoms with Crippen molar-refractivity contribution in [3.63, 3.8) is 0 Å². The third kappa shape index (κ3) is 4.61. The van der Waals surface area contributed by atoms with Crippen LogP contribution in [0, 0.1) is 29.6 Å². The Kier molecular flexibility index (Phi) is 8.15. The number of carbonyl (C=O) groups is 3. The second-order valence-electron chi connectivity index (χ2n) is 8.75. The number of aliphatic hydroxyl groups is 2. The van der Waals surface area contributed by atoms with Crippen LogP contribution in [0.4, 0.5) is 0 Å². The van der Waals surface area contributed by atoms with E-state index in [9.17, 15) is 24.6 Å². The van der Waals surface area contributed by atoms with E-state index >= 15 is 0 Å². The molecule has 1 fully saturated rings. The zero-order chi connectivity index (χ0) is 20.2. The number of carbonyl (C=O) groups excluding carboxylic acids is 3. The smallest absolute Gasteiger partial charge is 0.185 e. The predicted octanol–water partition coefficient (Wildman–Crippen LogP) is 2.95. The van der Waals surface area contributed by atoms with Gasteiger partial charge in [0.25, 0.3) is 0 Å². The molecule has 5 heteroatoms. The molecule has 2 N–H and O–H groups in total. The zero-order valence-corrected chi connectivity index (χ0v) is 17.1. The normalized spacial score (nSPS) is 28.8. The van der Waals surface area contributed by atoms with Gasteiger partial charge in [-0.1, -0.05) is 48.0 Å². The van der Waals surface area contributed by atoms with Crippen LogP contribution >= 0.6 is 0 Å². The maximum absolute atomic E-state index is 13.0. The van der Waals surface area contributed by atoms with Crippen LogP contribution in [-0.4, -0.2) is 39.3 Å². The molecule has 26 heavy (non-hydrogen) atoms. The number of hydrogen-bond acceptors (Lipinski definition) is 5. The lowest BCUT2D eigenvalue weighted by atomic mass is 9.78. The van der Waals surface area contributed by atoms with E-state index in [2.05, 4.69) is 0 Å². The average Bonchev–Trinajstić information content (AvgIpc) is 2.76. The van der Waals surface area contributed by atoms with Gasteiger partial charge < -0.3 is 10.2 Å². The highest BCUT2D eigenvalue weighted by molar-refractivity contribution is 6.27. The fourth-order valence-electron chi connectivity index (χ4n) is 3.68. The molecule has 3 unspecified atom stereocenters. The quantitative estimate of drug-likeness (QED) is 0.579. The second kappa shape index (κ2) is 9.23. The Bertz CT molecular complexity index is 524. The minimum Gasteiger partial charge on any atom is -0.390 e. The molecule has 150 valence electrons. The van der Waals surface area contributed by atoms with E-state index in [-0.39, 0.29) is 6.42 Å². The van der Waals surface area contributed by atoms with Crippen LogP contribution in [0.5, 0.6) is 0 Å². The van der Waals surface area contributed by atoms with Gasteiger partial charge in [0.15, 0.2) is 23.0 Å². The van der Waals surface area contributed by atoms with E-state index in [0.29, 0.717) is 37.5 Å². The molecule has 0 amide bonds. The number of rotatable bonds is 10. The molecule has 0 spiro atoms. The van der Waals surface area contributed by atoms with Crippen molar-refractivity contribution in [2.45, 2.75) is 85.4 Å². The van der Waals surface area contributed by atoms with Gasteiger partial charge in [-0.2, -0.15) is 0 Å². The van der Waals surface area contributed by atoms with Crippen molar-refractivity contribution in [2.75, 3.05) is 0 Å². The van der Waals surface area contributed by atoms with Gasteiger partial charge in [-0.05, 0) is 37.5 Å². The van der Waals surface area contributed by atoms with Crippen LogP contribution in [0.3, 0.4) is 0 Å². The van der Waals surface area contributed by atoms with Gasteiger partial charge in [0.2, 0.25) is 0 Å². The van der Waals surface area contributed by atoms with Crippen molar-refractivity contribution in [1.82, 2.24) is 0 Å². The molecule has 5 nitrogen and oxygen atoms in total. The molecule has 0 aromatic rings. The van der Waals surface area contributed by atoms with Crippen molar-refractivity contribution in [3.05, 3.63) is 0 Å². The molecule has 1 saturated carbocycles. The molecule has 0 aromatic carbocycles. The Morgan fingerprint density at radius 1 is 1.04 bits per heavy atom. The monoisotopic (exact) mass is 368 g/mol. The summed E-state index contributed by atoms with van der Waals surface area (Å²) in [6.45, 7) is 11.5. The predicted molar refractivity (Wildman–Crippen MR) is 101 cm³/mol. The fourth-order valence-corrected chi connectivity index (χ4v) is 3.68. The van der Waals surface area contributed by atoms with Crippen molar-refractivity contribution in [2.24, 2.45) is 29.6 Å². The van der Waals surface area contributed by atoms with Gasteiger partial charge in [0, 0.05) is 5.92 Å². The van der Waals surface area contributed by atoms with Crippen molar-refractivity contribution in [3.8, 4) is 0 Å². The molecule has 0 bridgehead atoms. The molecular weight excluding hydrogens is 332 g/mol. The first kappa shape index (κ1) is 23.0. The van der Waals surface area contributed by atoms with Gasteiger partial charge in [0.05, 0.1) is 12.0 Å². The summed E-state index contributed by atoms with van der Waals surface area (Å²) in [4.78, 5) is 38.5. The van der Waals surface area contributed by atoms with Crippen LogP contribution in [0.25, 0.3) is 0 Å². The average molecular weight is 369 g/mol. The van der Waals surface area contributed by atoms with Crippen molar-refractivity contribution in [1.29, 1.82) is 0 Å². The SMILES string of the molecule is CCC(C)C(=O)C1C(=O)C(CCC(C)C)[C@](O)([C@H](O)CCC(C)C)C1=O. The Morgan fingerprint density at radius 2 is 1.58 bits per heavy atom. The highest BCUT2D eigenvalue weighted by Gasteiger charge is 2.64. The molecule has 0 heterocycles. The van der Waals surface area contributed by atoms with E-state index in [1.54, 1.807) is 6.92 Å². The Balaban J connectivity index is 3.21. The van der Waals surface area contributed by atoms with Crippen LogP contribution < -0.4 is 0 Å². The van der Waals surface area contributed by atoms with Gasteiger partial charge in [-0.25, -0.2) is 0 Å². The summed E-state index contributed by atoms with van der Waals surface area (Å²) in [6.07, 6.45) is 1.02. The molecule has 0 aromatic heterocycles. The topological polar surface area (TPSA) is 91.7 Å². The minimum absolute atomic E-state index is 0.232. The summed E-state index contributed by atoms with van der Waals surface area (Å²) in [7, 11) is 0. The van der Waals surface area contributed by atoms with E-state index < -0.39 is 46.8 Å². The number of aliphatic hydroxyl groups excluding tert-OH is 1. The molecule has 0 radical (unpaired) electrons. The van der Waals surface area contributed by atoms with Gasteiger partial charge in [-0.3, -0.25) is 14.4 Å². The number of hydrogen-bond donors (Lipinski definition) is 2. The lowest BCUT2D eigenvalue weighted by Gasteiger charge is -2.33. The van der Waals surface area contributed by atoms with Crippen molar-refractivity contribution < 1.29 is 24.6 Å². The Hall–Kier alpha value is -1.07. The lowest BCUT2D eigenvalue weighted by molar-refractivity contribution is -0.158. The van der Waals surface area contributed by atoms with E-state index in [1.807, 2.05) is 34.6 Å². The second-order valence-corrected chi connectivity index (χ2v) is 8.75.